The van der Waals surface area contributed by atoms with Gasteiger partial charge in [-0.05, 0) is 13.0 Å². The highest BCUT2D eigenvalue weighted by Crippen LogP contribution is 2.28. The molecule has 5 N–H and O–H groups in total. The second-order valence-corrected chi connectivity index (χ2v) is 5.33. The molecule has 0 amide bonds. The van der Waals surface area contributed by atoms with Crippen molar-refractivity contribution in [3.63, 3.8) is 0 Å². The summed E-state index contributed by atoms with van der Waals surface area (Å²) < 4.78 is 20.6. The summed E-state index contributed by atoms with van der Waals surface area (Å²) in [5, 5.41) is 48.4. The Bertz CT molecular complexity index is 464. The van der Waals surface area contributed by atoms with Crippen molar-refractivity contribution in [3.8, 4) is 0 Å². The summed E-state index contributed by atoms with van der Waals surface area (Å²) in [5.41, 5.74) is 0. The van der Waals surface area contributed by atoms with Crippen LogP contribution in [0.3, 0.4) is 0 Å². The van der Waals surface area contributed by atoms with Gasteiger partial charge in [0.05, 0.1) is 6.10 Å². The fourth-order valence-corrected chi connectivity index (χ4v) is 2.37. The van der Waals surface area contributed by atoms with E-state index in [2.05, 4.69) is 0 Å². The van der Waals surface area contributed by atoms with Crippen LogP contribution in [0.15, 0.2) is 11.8 Å². The fraction of sp³-hybridized carbons (Fsp3) is 0.769. The highest BCUT2D eigenvalue weighted by molar-refractivity contribution is 5.84. The normalized spacial score (nSPS) is 44.3. The Morgan fingerprint density at radius 3 is 2.35 bits per heavy atom. The predicted molar refractivity (Wildman–Crippen MR) is 70.8 cm³/mol. The summed E-state index contributed by atoms with van der Waals surface area (Å²) in [6.45, 7) is 1.52. The van der Waals surface area contributed by atoms with E-state index in [9.17, 15) is 25.2 Å². The van der Waals surface area contributed by atoms with Crippen LogP contribution in [0.2, 0.25) is 0 Å². The SMILES string of the molecule is CO[C@@H]1O[C@@H](C)[C@H](O)[C@@H](O)[C@H]1O[C@H]1OC(C(=O)O)=C[C@H](O)[C@H]1O. The maximum atomic E-state index is 10.9. The van der Waals surface area contributed by atoms with Crippen LogP contribution in [0.25, 0.3) is 0 Å². The van der Waals surface area contributed by atoms with E-state index in [1.807, 2.05) is 0 Å². The zero-order valence-electron chi connectivity index (χ0n) is 12.5. The van der Waals surface area contributed by atoms with Crippen molar-refractivity contribution >= 4 is 5.97 Å². The minimum atomic E-state index is -1.60. The molecule has 10 nitrogen and oxygen atoms in total. The molecule has 2 aliphatic heterocycles. The van der Waals surface area contributed by atoms with Crippen LogP contribution in [-0.2, 0) is 23.7 Å². The van der Waals surface area contributed by atoms with Crippen molar-refractivity contribution < 1.29 is 49.3 Å². The molecule has 0 saturated carbocycles. The number of carboxylic acid groups (broad SMARTS) is 1. The minimum absolute atomic E-state index is 0.609. The smallest absolute Gasteiger partial charge is 0.371 e. The Morgan fingerprint density at radius 1 is 1.13 bits per heavy atom. The maximum Gasteiger partial charge on any atom is 0.371 e. The van der Waals surface area contributed by atoms with Crippen molar-refractivity contribution in [2.24, 2.45) is 0 Å². The summed E-state index contributed by atoms with van der Waals surface area (Å²) in [4.78, 5) is 10.9. The lowest BCUT2D eigenvalue weighted by Gasteiger charge is -2.43. The van der Waals surface area contributed by atoms with E-state index in [1.165, 1.54) is 14.0 Å². The third-order valence-corrected chi connectivity index (χ3v) is 3.71. The van der Waals surface area contributed by atoms with Crippen molar-refractivity contribution in [3.05, 3.63) is 11.8 Å². The van der Waals surface area contributed by atoms with Crippen LogP contribution in [0.5, 0.6) is 0 Å². The number of carbonyl (C=O) groups is 1. The van der Waals surface area contributed by atoms with Crippen LogP contribution in [0.4, 0.5) is 0 Å². The van der Waals surface area contributed by atoms with E-state index in [1.54, 1.807) is 0 Å². The van der Waals surface area contributed by atoms with Gasteiger partial charge in [0, 0.05) is 7.11 Å². The number of rotatable bonds is 4. The van der Waals surface area contributed by atoms with Crippen molar-refractivity contribution in [2.45, 2.75) is 56.1 Å². The van der Waals surface area contributed by atoms with Crippen LogP contribution in [0.1, 0.15) is 6.92 Å². The second-order valence-electron chi connectivity index (χ2n) is 5.33. The average Bonchev–Trinajstić information content (AvgIpc) is 2.51. The van der Waals surface area contributed by atoms with E-state index in [0.29, 0.717) is 0 Å². The van der Waals surface area contributed by atoms with Crippen LogP contribution in [0, 0.1) is 0 Å². The first kappa shape index (κ1) is 18.1. The van der Waals surface area contributed by atoms with Gasteiger partial charge in [-0.25, -0.2) is 4.79 Å². The number of hydrogen-bond acceptors (Lipinski definition) is 9. The van der Waals surface area contributed by atoms with Gasteiger partial charge in [-0.15, -0.1) is 0 Å². The van der Waals surface area contributed by atoms with Crippen LogP contribution < -0.4 is 0 Å². The molecule has 2 aliphatic rings. The monoisotopic (exact) mass is 336 g/mol. The molecule has 0 aromatic rings. The molecular weight excluding hydrogens is 316 g/mol. The van der Waals surface area contributed by atoms with Gasteiger partial charge < -0.3 is 44.5 Å². The summed E-state index contributed by atoms with van der Waals surface area (Å²) in [7, 11) is 1.29. The summed E-state index contributed by atoms with van der Waals surface area (Å²) in [6.07, 6.45) is -9.71. The van der Waals surface area contributed by atoms with Crippen molar-refractivity contribution in [2.75, 3.05) is 7.11 Å². The minimum Gasteiger partial charge on any atom is -0.475 e. The largest absolute Gasteiger partial charge is 0.475 e. The van der Waals surface area contributed by atoms with Crippen molar-refractivity contribution in [1.82, 2.24) is 0 Å². The third-order valence-electron chi connectivity index (χ3n) is 3.71. The lowest BCUT2D eigenvalue weighted by atomic mass is 9.99. The number of hydrogen-bond donors (Lipinski definition) is 5. The van der Waals surface area contributed by atoms with E-state index >= 15 is 0 Å². The number of aliphatic hydroxyl groups is 4. The molecule has 8 atom stereocenters. The molecule has 2 rings (SSSR count). The Balaban J connectivity index is 2.15. The number of aliphatic hydroxyl groups excluding tert-OH is 4. The molecule has 10 heteroatoms. The number of ether oxygens (including phenoxy) is 4. The molecule has 0 aromatic heterocycles. The zero-order chi connectivity index (χ0) is 17.3. The molecule has 0 radical (unpaired) electrons. The molecule has 23 heavy (non-hydrogen) atoms. The van der Waals surface area contributed by atoms with E-state index in [-0.39, 0.29) is 0 Å². The van der Waals surface area contributed by atoms with Gasteiger partial charge in [-0.3, -0.25) is 0 Å². The third kappa shape index (κ3) is 3.63. The molecule has 2 heterocycles. The lowest BCUT2D eigenvalue weighted by molar-refractivity contribution is -0.333. The predicted octanol–water partition coefficient (Wildman–Crippen LogP) is -2.47. The number of carboxylic acids is 1. The van der Waals surface area contributed by atoms with Gasteiger partial charge >= 0.3 is 5.97 Å². The van der Waals surface area contributed by atoms with Gasteiger partial charge in [-0.2, -0.15) is 0 Å². The Hall–Kier alpha value is -1.27. The number of methoxy groups -OCH3 is 1. The van der Waals surface area contributed by atoms with Crippen molar-refractivity contribution in [1.29, 1.82) is 0 Å². The zero-order valence-corrected chi connectivity index (χ0v) is 12.5. The molecule has 0 aromatic carbocycles. The highest BCUT2D eigenvalue weighted by Gasteiger charge is 2.47. The Morgan fingerprint density at radius 2 is 1.78 bits per heavy atom. The topological polar surface area (TPSA) is 155 Å². The molecule has 0 spiro atoms. The molecule has 1 fully saturated rings. The summed E-state index contributed by atoms with van der Waals surface area (Å²) in [5.74, 6) is -2.07. The van der Waals surface area contributed by atoms with Gasteiger partial charge in [-0.1, -0.05) is 0 Å². The average molecular weight is 336 g/mol. The molecule has 0 aliphatic carbocycles. The Labute approximate surface area is 131 Å². The number of aliphatic carboxylic acids is 1. The lowest BCUT2D eigenvalue weighted by Crippen LogP contribution is -2.60. The summed E-state index contributed by atoms with van der Waals surface area (Å²) >= 11 is 0. The maximum absolute atomic E-state index is 10.9. The van der Waals surface area contributed by atoms with Gasteiger partial charge in [0.15, 0.2) is 6.29 Å². The van der Waals surface area contributed by atoms with E-state index in [0.717, 1.165) is 6.08 Å². The van der Waals surface area contributed by atoms with E-state index in [4.69, 9.17) is 24.1 Å². The van der Waals surface area contributed by atoms with Crippen LogP contribution >= 0.6 is 0 Å². The van der Waals surface area contributed by atoms with Gasteiger partial charge in [0.1, 0.15) is 30.5 Å². The molecule has 1 saturated heterocycles. The Kier molecular flexibility index (Phi) is 5.57. The standard InChI is InChI=1S/C13H20O10/c1-4-7(15)9(17)10(13(20-2)21-4)23-12-8(16)5(14)3-6(22-12)11(18)19/h3-5,7-10,12-17H,1-2H3,(H,18,19)/t4-,5-,7-,8+,9+,10+,12+,13+/m0/s1. The quantitative estimate of drug-likeness (QED) is 0.373. The van der Waals surface area contributed by atoms with Gasteiger partial charge in [0.2, 0.25) is 12.0 Å². The second kappa shape index (κ2) is 7.09. The molecule has 0 bridgehead atoms. The van der Waals surface area contributed by atoms with Crippen LogP contribution in [-0.4, -0.2) is 87.8 Å². The first-order valence-corrected chi connectivity index (χ1v) is 6.94. The van der Waals surface area contributed by atoms with Gasteiger partial charge in [0.25, 0.3) is 0 Å². The molecule has 0 unspecified atom stereocenters. The highest BCUT2D eigenvalue weighted by atomic mass is 16.7. The first-order chi connectivity index (χ1) is 10.8. The van der Waals surface area contributed by atoms with E-state index < -0.39 is 60.9 Å². The molecule has 132 valence electrons. The summed E-state index contributed by atoms with van der Waals surface area (Å²) in [6, 6.07) is 0. The molecular formula is C13H20O10. The fourth-order valence-electron chi connectivity index (χ4n) is 2.37. The first-order valence-electron chi connectivity index (χ1n) is 6.94.